The van der Waals surface area contributed by atoms with E-state index in [1.165, 1.54) is 33.1 Å². The van der Waals surface area contributed by atoms with E-state index in [9.17, 15) is 9.59 Å². The maximum Gasteiger partial charge on any atom is 0.338 e. The van der Waals surface area contributed by atoms with Gasteiger partial charge in [-0.25, -0.2) is 4.79 Å². The minimum atomic E-state index is -0.576. The smallest absolute Gasteiger partial charge is 0.338 e. The normalized spacial score (nSPS) is 15.3. The molecule has 1 aliphatic carbocycles. The van der Waals surface area contributed by atoms with Gasteiger partial charge in [0.25, 0.3) is 0 Å². The number of halogens is 1. The average molecular weight is 382 g/mol. The second-order valence-electron chi connectivity index (χ2n) is 7.95. The van der Waals surface area contributed by atoms with Crippen LogP contribution in [0.15, 0.2) is 12.1 Å². The molecule has 2 rings (SSSR count). The Morgan fingerprint density at radius 1 is 1.27 bits per heavy atom. The Labute approximate surface area is 160 Å². The summed E-state index contributed by atoms with van der Waals surface area (Å²) in [5, 5.41) is 0.296. The molecule has 144 valence electrons. The molecule has 1 amide bonds. The molecule has 0 bridgehead atoms. The van der Waals surface area contributed by atoms with Gasteiger partial charge in [-0.2, -0.15) is 0 Å². The molecule has 0 N–H and O–H groups in total. The Kier molecular flexibility index (Phi) is 6.22. The van der Waals surface area contributed by atoms with Crippen molar-refractivity contribution >= 4 is 29.2 Å². The molecule has 0 heterocycles. The van der Waals surface area contributed by atoms with Gasteiger partial charge < -0.3 is 14.4 Å². The zero-order valence-corrected chi connectivity index (χ0v) is 17.1. The van der Waals surface area contributed by atoms with Gasteiger partial charge in [-0.05, 0) is 31.4 Å². The number of carbonyl (C=O) groups excluding carboxylic acids is 2. The summed E-state index contributed by atoms with van der Waals surface area (Å²) in [6.45, 7) is 7.69. The number of hydrogen-bond donors (Lipinski definition) is 0. The van der Waals surface area contributed by atoms with Crippen molar-refractivity contribution in [3.05, 3.63) is 22.7 Å². The molecule has 0 aromatic heterocycles. The topological polar surface area (TPSA) is 55.8 Å². The fourth-order valence-corrected chi connectivity index (χ4v) is 3.33. The molecule has 5 nitrogen and oxygen atoms in total. The lowest BCUT2D eigenvalue weighted by atomic mass is 9.92. The zero-order valence-electron chi connectivity index (χ0n) is 16.4. The largest absolute Gasteiger partial charge is 0.494 e. The van der Waals surface area contributed by atoms with Crippen LogP contribution in [0, 0.1) is 11.3 Å². The van der Waals surface area contributed by atoms with Gasteiger partial charge in [-0.15, -0.1) is 0 Å². The van der Waals surface area contributed by atoms with Gasteiger partial charge >= 0.3 is 5.97 Å². The third-order valence-corrected chi connectivity index (χ3v) is 4.87. The third kappa shape index (κ3) is 4.50. The maximum absolute atomic E-state index is 13.2. The average Bonchev–Trinajstić information content (AvgIpc) is 3.38. The van der Waals surface area contributed by atoms with Crippen LogP contribution in [0.3, 0.4) is 0 Å². The highest BCUT2D eigenvalue weighted by molar-refractivity contribution is 6.34. The quantitative estimate of drug-likeness (QED) is 0.670. The molecular weight excluding hydrogens is 354 g/mol. The number of ether oxygens (including phenoxy) is 2. The molecule has 0 aliphatic heterocycles. The highest BCUT2D eigenvalue weighted by Crippen LogP contribution is 2.43. The van der Waals surface area contributed by atoms with E-state index in [1.54, 1.807) is 11.0 Å². The van der Waals surface area contributed by atoms with Crippen LogP contribution in [-0.2, 0) is 9.53 Å². The van der Waals surface area contributed by atoms with Crippen LogP contribution in [0.4, 0.5) is 5.69 Å². The highest BCUT2D eigenvalue weighted by Gasteiger charge is 2.37. The lowest BCUT2D eigenvalue weighted by Crippen LogP contribution is -2.45. The van der Waals surface area contributed by atoms with Crippen molar-refractivity contribution in [3.63, 3.8) is 0 Å². The van der Waals surface area contributed by atoms with Gasteiger partial charge in [0.05, 0.1) is 24.8 Å². The Morgan fingerprint density at radius 3 is 2.35 bits per heavy atom. The van der Waals surface area contributed by atoms with Crippen LogP contribution >= 0.6 is 11.6 Å². The molecule has 1 saturated carbocycles. The number of benzene rings is 1. The first-order chi connectivity index (χ1) is 12.1. The van der Waals surface area contributed by atoms with Crippen LogP contribution < -0.4 is 9.64 Å². The minimum Gasteiger partial charge on any atom is -0.494 e. The second-order valence-corrected chi connectivity index (χ2v) is 8.36. The number of amides is 1. The van der Waals surface area contributed by atoms with E-state index < -0.39 is 11.4 Å². The van der Waals surface area contributed by atoms with E-state index >= 15 is 0 Å². The summed E-state index contributed by atoms with van der Waals surface area (Å²) in [5.41, 5.74) is 0.221. The molecule has 1 aromatic rings. The maximum atomic E-state index is 13.2. The molecule has 1 atom stereocenters. The number of rotatable bonds is 6. The SMILES string of the molecule is COC(=O)c1cc(Cl)c(N(C(=O)C(C)(C)C)C(C)CC2CC2)c(OC)c1. The van der Waals surface area contributed by atoms with Gasteiger partial charge in [0, 0.05) is 11.5 Å². The molecule has 1 unspecified atom stereocenters. The first-order valence-corrected chi connectivity index (χ1v) is 9.27. The monoisotopic (exact) mass is 381 g/mol. The van der Waals surface area contributed by atoms with Crippen molar-refractivity contribution in [1.29, 1.82) is 0 Å². The van der Waals surface area contributed by atoms with Crippen LogP contribution in [-0.4, -0.2) is 32.1 Å². The third-order valence-electron chi connectivity index (χ3n) is 4.58. The van der Waals surface area contributed by atoms with E-state index in [-0.39, 0.29) is 17.5 Å². The van der Waals surface area contributed by atoms with Gasteiger partial charge in [0.2, 0.25) is 5.91 Å². The van der Waals surface area contributed by atoms with Crippen molar-refractivity contribution < 1.29 is 19.1 Å². The Morgan fingerprint density at radius 2 is 1.88 bits per heavy atom. The van der Waals surface area contributed by atoms with E-state index in [2.05, 4.69) is 0 Å². The van der Waals surface area contributed by atoms with E-state index in [0.717, 1.165) is 6.42 Å². The molecular formula is C20H28ClNO4. The van der Waals surface area contributed by atoms with Gasteiger partial charge in [-0.3, -0.25) is 4.79 Å². The van der Waals surface area contributed by atoms with Crippen molar-refractivity contribution in [3.8, 4) is 5.75 Å². The Bertz CT molecular complexity index is 692. The number of nitrogens with zero attached hydrogens (tertiary/aromatic N) is 1. The van der Waals surface area contributed by atoms with Gasteiger partial charge in [0.15, 0.2) is 0 Å². The molecule has 1 fully saturated rings. The molecule has 0 saturated heterocycles. The second kappa shape index (κ2) is 7.87. The van der Waals surface area contributed by atoms with Crippen molar-refractivity contribution in [2.75, 3.05) is 19.1 Å². The van der Waals surface area contributed by atoms with Crippen LogP contribution in [0.2, 0.25) is 5.02 Å². The van der Waals surface area contributed by atoms with Crippen LogP contribution in [0.25, 0.3) is 0 Å². The van der Waals surface area contributed by atoms with Crippen LogP contribution in [0.1, 0.15) is 57.3 Å². The first kappa shape index (κ1) is 20.6. The van der Waals surface area contributed by atoms with Gasteiger partial charge in [-0.1, -0.05) is 45.2 Å². The predicted octanol–water partition coefficient (Wildman–Crippen LogP) is 4.70. The number of anilines is 1. The number of hydrogen-bond acceptors (Lipinski definition) is 4. The Balaban J connectivity index is 2.55. The summed E-state index contributed by atoms with van der Waals surface area (Å²) in [4.78, 5) is 26.8. The minimum absolute atomic E-state index is 0.0235. The lowest BCUT2D eigenvalue weighted by Gasteiger charge is -2.36. The molecule has 6 heteroatoms. The zero-order chi connectivity index (χ0) is 19.6. The molecule has 1 aliphatic rings. The lowest BCUT2D eigenvalue weighted by molar-refractivity contribution is -0.126. The number of esters is 1. The summed E-state index contributed by atoms with van der Waals surface area (Å²) in [6.07, 6.45) is 3.32. The standard InChI is InChI=1S/C20H28ClNO4/c1-12(9-13-7-8-13)22(19(24)20(2,3)4)17-15(21)10-14(18(23)26-6)11-16(17)25-5/h10-13H,7-9H2,1-6H3. The molecule has 26 heavy (non-hydrogen) atoms. The van der Waals surface area contributed by atoms with E-state index in [4.69, 9.17) is 21.1 Å². The summed E-state index contributed by atoms with van der Waals surface area (Å²) in [6, 6.07) is 3.07. The molecule has 1 aromatic carbocycles. The van der Waals surface area contributed by atoms with Crippen LogP contribution in [0.5, 0.6) is 5.75 Å². The van der Waals surface area contributed by atoms with Crippen molar-refractivity contribution in [1.82, 2.24) is 0 Å². The summed E-state index contributed by atoms with van der Waals surface area (Å²) in [5.74, 6) is 0.505. The summed E-state index contributed by atoms with van der Waals surface area (Å²) in [7, 11) is 2.81. The van der Waals surface area contributed by atoms with E-state index in [0.29, 0.717) is 22.4 Å². The molecule has 0 radical (unpaired) electrons. The number of carbonyl (C=O) groups is 2. The van der Waals surface area contributed by atoms with Crippen molar-refractivity contribution in [2.45, 2.75) is 53.0 Å². The fourth-order valence-electron chi connectivity index (χ4n) is 3.02. The fraction of sp³-hybridized carbons (Fsp3) is 0.600. The van der Waals surface area contributed by atoms with Gasteiger partial charge in [0.1, 0.15) is 11.4 Å². The highest BCUT2D eigenvalue weighted by atomic mass is 35.5. The van der Waals surface area contributed by atoms with Crippen molar-refractivity contribution in [2.24, 2.45) is 11.3 Å². The number of methoxy groups -OCH3 is 2. The molecule has 0 spiro atoms. The summed E-state index contributed by atoms with van der Waals surface area (Å²) < 4.78 is 10.3. The predicted molar refractivity (Wildman–Crippen MR) is 103 cm³/mol. The summed E-state index contributed by atoms with van der Waals surface area (Å²) >= 11 is 6.52. The first-order valence-electron chi connectivity index (χ1n) is 8.89. The van der Waals surface area contributed by atoms with E-state index in [1.807, 2.05) is 27.7 Å². The Hall–Kier alpha value is -1.75.